The first-order valence-electron chi connectivity index (χ1n) is 8.58. The van der Waals surface area contributed by atoms with Crippen LogP contribution in [0.5, 0.6) is 0 Å². The van der Waals surface area contributed by atoms with E-state index in [1.165, 1.54) is 0 Å². The van der Waals surface area contributed by atoms with Crippen LogP contribution in [-0.2, 0) is 0 Å². The fourth-order valence-corrected chi connectivity index (χ4v) is 2.75. The summed E-state index contributed by atoms with van der Waals surface area (Å²) in [7, 11) is 0. The molecule has 2 aromatic heterocycles. The number of aromatic nitrogens is 3. The number of rotatable bonds is 7. The van der Waals surface area contributed by atoms with Crippen LogP contribution < -0.4 is 16.2 Å². The Morgan fingerprint density at radius 2 is 1.78 bits per heavy atom. The van der Waals surface area contributed by atoms with Gasteiger partial charge in [-0.3, -0.25) is 15.8 Å². The van der Waals surface area contributed by atoms with Crippen molar-refractivity contribution in [3.05, 3.63) is 58.8 Å². The van der Waals surface area contributed by atoms with Crippen LogP contribution in [0.15, 0.2) is 48.8 Å². The number of hydrogen-bond acceptors (Lipinski definition) is 6. The van der Waals surface area contributed by atoms with Crippen LogP contribution in [0.25, 0.3) is 11.3 Å². The molecule has 0 unspecified atom stereocenters. The van der Waals surface area contributed by atoms with Crippen molar-refractivity contribution in [1.29, 1.82) is 0 Å². The Hall–Kier alpha value is -2.57. The Kier molecular flexibility index (Phi) is 6.32. The average molecular weight is 403 g/mol. The van der Waals surface area contributed by atoms with Gasteiger partial charge in [-0.15, -0.1) is 0 Å². The summed E-state index contributed by atoms with van der Waals surface area (Å²) in [5, 5.41) is 4.40. The van der Waals surface area contributed by atoms with Crippen molar-refractivity contribution in [3.8, 4) is 11.3 Å². The maximum absolute atomic E-state index is 6.20. The Morgan fingerprint density at radius 1 is 1.00 bits per heavy atom. The molecule has 0 aliphatic heterocycles. The Labute approximate surface area is 168 Å². The van der Waals surface area contributed by atoms with Gasteiger partial charge in [0.15, 0.2) is 5.82 Å². The molecule has 0 bridgehead atoms. The quantitative estimate of drug-likeness (QED) is 0.453. The summed E-state index contributed by atoms with van der Waals surface area (Å²) in [6.45, 7) is 4.19. The molecule has 0 amide bonds. The van der Waals surface area contributed by atoms with Gasteiger partial charge in [0.05, 0.1) is 16.4 Å². The molecule has 1 atom stereocenters. The molecule has 140 valence electrons. The average Bonchev–Trinajstić information content (AvgIpc) is 2.67. The first-order valence-corrected chi connectivity index (χ1v) is 9.34. The molecular weight excluding hydrogens is 383 g/mol. The van der Waals surface area contributed by atoms with E-state index < -0.39 is 0 Å². The van der Waals surface area contributed by atoms with Crippen LogP contribution in [0.1, 0.15) is 20.3 Å². The van der Waals surface area contributed by atoms with Crippen molar-refractivity contribution in [2.45, 2.75) is 26.3 Å². The molecule has 0 saturated carbocycles. The van der Waals surface area contributed by atoms with E-state index in [4.69, 9.17) is 23.2 Å². The molecular formula is C19H20Cl2N6. The number of hydrazine groups is 1. The number of halogens is 2. The van der Waals surface area contributed by atoms with Gasteiger partial charge in [-0.05, 0) is 43.7 Å². The SMILES string of the molecule is CC[C@@H](C)Nc1nc(NNc2ccc(Cl)cc2Cl)cc(-c2ccncc2)n1. The minimum Gasteiger partial charge on any atom is -0.352 e. The smallest absolute Gasteiger partial charge is 0.225 e. The first kappa shape index (κ1) is 19.2. The monoisotopic (exact) mass is 402 g/mol. The van der Waals surface area contributed by atoms with E-state index in [1.54, 1.807) is 30.6 Å². The third-order valence-electron chi connectivity index (χ3n) is 3.95. The van der Waals surface area contributed by atoms with Gasteiger partial charge < -0.3 is 5.32 Å². The van der Waals surface area contributed by atoms with Crippen molar-refractivity contribution < 1.29 is 0 Å². The van der Waals surface area contributed by atoms with E-state index in [2.05, 4.69) is 45.0 Å². The van der Waals surface area contributed by atoms with Crippen LogP contribution in [0, 0.1) is 0 Å². The molecule has 8 heteroatoms. The summed E-state index contributed by atoms with van der Waals surface area (Å²) < 4.78 is 0. The molecule has 0 fully saturated rings. The van der Waals surface area contributed by atoms with Crippen LogP contribution in [-0.4, -0.2) is 21.0 Å². The molecule has 0 spiro atoms. The molecule has 0 aliphatic carbocycles. The van der Waals surface area contributed by atoms with Crippen LogP contribution in [0.2, 0.25) is 10.0 Å². The van der Waals surface area contributed by atoms with Gasteiger partial charge in [-0.1, -0.05) is 30.1 Å². The van der Waals surface area contributed by atoms with Crippen molar-refractivity contribution in [1.82, 2.24) is 15.0 Å². The first-order chi connectivity index (χ1) is 13.0. The zero-order valence-corrected chi connectivity index (χ0v) is 16.5. The van der Waals surface area contributed by atoms with E-state index in [1.807, 2.05) is 18.2 Å². The summed E-state index contributed by atoms with van der Waals surface area (Å²) in [6.07, 6.45) is 4.43. The molecule has 3 rings (SSSR count). The summed E-state index contributed by atoms with van der Waals surface area (Å²) in [6, 6.07) is 11.1. The Morgan fingerprint density at radius 3 is 2.48 bits per heavy atom. The Bertz CT molecular complexity index is 904. The second kappa shape index (κ2) is 8.88. The predicted octanol–water partition coefficient (Wildman–Crippen LogP) is 5.49. The number of benzene rings is 1. The summed E-state index contributed by atoms with van der Waals surface area (Å²) in [5.41, 5.74) is 8.57. The fourth-order valence-electron chi connectivity index (χ4n) is 2.29. The van der Waals surface area contributed by atoms with Gasteiger partial charge in [0.2, 0.25) is 5.95 Å². The number of anilines is 3. The van der Waals surface area contributed by atoms with E-state index >= 15 is 0 Å². The van der Waals surface area contributed by atoms with Crippen molar-refractivity contribution in [2.24, 2.45) is 0 Å². The van der Waals surface area contributed by atoms with E-state index in [0.29, 0.717) is 27.5 Å². The van der Waals surface area contributed by atoms with Crippen molar-refractivity contribution in [2.75, 3.05) is 16.2 Å². The minimum atomic E-state index is 0.254. The standard InChI is InChI=1S/C19H20Cl2N6/c1-3-12(2)23-19-24-17(13-6-8-22-9-7-13)11-18(25-19)27-26-16-5-4-14(20)10-15(16)21/h4-12,26H,3H2,1-2H3,(H2,23,24,25,27)/t12-/m1/s1. The number of hydrogen-bond donors (Lipinski definition) is 3. The number of nitrogens with one attached hydrogen (secondary N) is 3. The number of nitrogens with zero attached hydrogens (tertiary/aromatic N) is 3. The predicted molar refractivity (Wildman–Crippen MR) is 112 cm³/mol. The van der Waals surface area contributed by atoms with Gasteiger partial charge in [0.1, 0.15) is 0 Å². The Balaban J connectivity index is 1.87. The number of pyridine rings is 1. The lowest BCUT2D eigenvalue weighted by molar-refractivity contribution is 0.753. The van der Waals surface area contributed by atoms with E-state index in [-0.39, 0.29) is 6.04 Å². The highest BCUT2D eigenvalue weighted by molar-refractivity contribution is 6.36. The molecule has 0 radical (unpaired) electrons. The third kappa shape index (κ3) is 5.21. The van der Waals surface area contributed by atoms with E-state index in [9.17, 15) is 0 Å². The van der Waals surface area contributed by atoms with E-state index in [0.717, 1.165) is 17.7 Å². The maximum atomic E-state index is 6.20. The molecule has 27 heavy (non-hydrogen) atoms. The zero-order valence-electron chi connectivity index (χ0n) is 15.0. The largest absolute Gasteiger partial charge is 0.352 e. The van der Waals surface area contributed by atoms with Gasteiger partial charge in [-0.2, -0.15) is 4.98 Å². The molecule has 3 N–H and O–H groups in total. The second-order valence-corrected chi connectivity index (χ2v) is 6.87. The molecule has 2 heterocycles. The molecule has 0 saturated heterocycles. The highest BCUT2D eigenvalue weighted by Gasteiger charge is 2.09. The van der Waals surface area contributed by atoms with Crippen molar-refractivity contribution in [3.63, 3.8) is 0 Å². The molecule has 0 aliphatic rings. The van der Waals surface area contributed by atoms with Gasteiger partial charge >= 0.3 is 0 Å². The molecule has 1 aromatic carbocycles. The minimum absolute atomic E-state index is 0.254. The van der Waals surface area contributed by atoms with Gasteiger partial charge in [0.25, 0.3) is 0 Å². The topological polar surface area (TPSA) is 74.8 Å². The van der Waals surface area contributed by atoms with Gasteiger partial charge in [-0.25, -0.2) is 4.98 Å². The zero-order chi connectivity index (χ0) is 19.2. The van der Waals surface area contributed by atoms with Crippen LogP contribution in [0.4, 0.5) is 17.5 Å². The second-order valence-electron chi connectivity index (χ2n) is 6.03. The summed E-state index contributed by atoms with van der Waals surface area (Å²) in [4.78, 5) is 13.2. The van der Waals surface area contributed by atoms with Crippen molar-refractivity contribution >= 4 is 40.7 Å². The fraction of sp³-hybridized carbons (Fsp3) is 0.211. The van der Waals surface area contributed by atoms with Crippen LogP contribution in [0.3, 0.4) is 0 Å². The maximum Gasteiger partial charge on any atom is 0.225 e. The highest BCUT2D eigenvalue weighted by Crippen LogP contribution is 2.26. The highest BCUT2D eigenvalue weighted by atomic mass is 35.5. The lowest BCUT2D eigenvalue weighted by atomic mass is 10.2. The molecule has 3 aromatic rings. The third-order valence-corrected chi connectivity index (χ3v) is 4.49. The van der Waals surface area contributed by atoms with Gasteiger partial charge in [0, 0.05) is 35.1 Å². The molecule has 6 nitrogen and oxygen atoms in total. The summed E-state index contributed by atoms with van der Waals surface area (Å²) in [5.74, 6) is 1.15. The van der Waals surface area contributed by atoms with Crippen LogP contribution >= 0.6 is 23.2 Å². The normalized spacial score (nSPS) is 11.7. The lowest BCUT2D eigenvalue weighted by Crippen LogP contribution is -2.17. The lowest BCUT2D eigenvalue weighted by Gasteiger charge is -2.15. The summed E-state index contributed by atoms with van der Waals surface area (Å²) >= 11 is 12.1.